The van der Waals surface area contributed by atoms with E-state index >= 15 is 0 Å². The van der Waals surface area contributed by atoms with Crippen LogP contribution in [0, 0.1) is 41.4 Å². The van der Waals surface area contributed by atoms with Crippen LogP contribution in [0.2, 0.25) is 5.02 Å². The molecule has 3 fully saturated rings. The molecular formula is C68H92ClF3N6O16S. The number of nitrogens with one attached hydrogen (secondary N) is 3. The molecule has 27 heteroatoms. The minimum Gasteiger partial charge on any atom is -0.484 e. The number of ether oxygens (including phenoxy) is 5. The van der Waals surface area contributed by atoms with Crippen molar-refractivity contribution in [3.63, 3.8) is 0 Å². The number of hydrogen-bond acceptors (Lipinski definition) is 18. The fourth-order valence-electron chi connectivity index (χ4n) is 13.5. The number of piperidine rings is 1. The van der Waals surface area contributed by atoms with Crippen LogP contribution >= 0.6 is 23.4 Å². The van der Waals surface area contributed by atoms with Gasteiger partial charge in [0.1, 0.15) is 29.8 Å². The number of methoxy groups -OCH3 is 2. The molecule has 7 rings (SSSR count). The number of anilines is 2. The van der Waals surface area contributed by atoms with E-state index in [-0.39, 0.29) is 90.1 Å². The largest absolute Gasteiger partial charge is 0.484 e. The molecule has 3 aromatic rings. The quantitative estimate of drug-likeness (QED) is 0.0183. The predicted molar refractivity (Wildman–Crippen MR) is 349 cm³/mol. The molecule has 1 saturated carbocycles. The molecule has 524 valence electrons. The van der Waals surface area contributed by atoms with Crippen LogP contribution in [-0.4, -0.2) is 176 Å². The van der Waals surface area contributed by atoms with Gasteiger partial charge < -0.3 is 65.0 Å². The summed E-state index contributed by atoms with van der Waals surface area (Å²) in [5, 5.41) is 58.4. The summed E-state index contributed by atoms with van der Waals surface area (Å²) in [7, 11) is 2.98. The highest BCUT2D eigenvalue weighted by molar-refractivity contribution is 7.99. The van der Waals surface area contributed by atoms with Crippen LogP contribution in [-0.2, 0) is 53.9 Å². The first-order chi connectivity index (χ1) is 45.0. The second kappa shape index (κ2) is 34.3. The number of Topliss-reactive ketones (excluding diaryl/α,β-unsaturated/α-hetero) is 2. The van der Waals surface area contributed by atoms with Crippen LogP contribution in [0.1, 0.15) is 135 Å². The summed E-state index contributed by atoms with van der Waals surface area (Å²) in [6.07, 6.45) is -3.89. The second-order valence-electron chi connectivity index (χ2n) is 26.0. The van der Waals surface area contributed by atoms with Gasteiger partial charge in [0.2, 0.25) is 11.7 Å². The van der Waals surface area contributed by atoms with Crippen LogP contribution in [0.25, 0.3) is 5.69 Å². The fraction of sp³-hybridized carbons (Fsp3) is 0.618. The molecule has 2 bridgehead atoms. The summed E-state index contributed by atoms with van der Waals surface area (Å²) < 4.78 is 73.9. The van der Waals surface area contributed by atoms with Crippen LogP contribution in [0.5, 0.6) is 5.75 Å². The van der Waals surface area contributed by atoms with E-state index in [0.29, 0.717) is 67.6 Å². The summed E-state index contributed by atoms with van der Waals surface area (Å²) in [6.45, 7) is 14.2. The molecule has 16 atom stereocenters. The number of alkyl halides is 3. The molecule has 4 heterocycles. The number of fused-ring (bicyclic) bond motifs is 3. The maximum Gasteiger partial charge on any atom is 0.434 e. The average molecular weight is 1370 g/mol. The lowest BCUT2D eigenvalue weighted by Crippen LogP contribution is -2.64. The molecular weight excluding hydrogens is 1280 g/mol. The molecule has 1 aromatic heterocycles. The normalized spacial score (nSPS) is 29.7. The molecule has 1 aliphatic carbocycles. The van der Waals surface area contributed by atoms with E-state index in [4.69, 9.17) is 35.3 Å². The third-order valence-corrected chi connectivity index (χ3v) is 20.4. The fourth-order valence-corrected chi connectivity index (χ4v) is 14.6. The number of carbonyl (C=O) groups excluding carboxylic acids is 7. The van der Waals surface area contributed by atoms with Crippen molar-refractivity contribution in [3.8, 4) is 11.4 Å². The third kappa shape index (κ3) is 19.8. The molecule has 2 unspecified atom stereocenters. The highest BCUT2D eigenvalue weighted by atomic mass is 35.5. The number of aliphatic hydroxyl groups excluding tert-OH is 3. The summed E-state index contributed by atoms with van der Waals surface area (Å²) in [5.41, 5.74) is -1.24. The van der Waals surface area contributed by atoms with E-state index in [2.05, 4.69) is 27.6 Å². The van der Waals surface area contributed by atoms with Gasteiger partial charge in [-0.3, -0.25) is 28.8 Å². The number of ketones is 2. The van der Waals surface area contributed by atoms with Gasteiger partial charge in [0, 0.05) is 73.6 Å². The molecule has 2 aromatic carbocycles. The predicted octanol–water partition coefficient (Wildman–Crippen LogP) is 8.68. The van der Waals surface area contributed by atoms with E-state index in [1.54, 1.807) is 21.0 Å². The Hall–Kier alpha value is -6.23. The van der Waals surface area contributed by atoms with Crippen molar-refractivity contribution < 1.29 is 90.8 Å². The van der Waals surface area contributed by atoms with Gasteiger partial charge in [0.05, 0.1) is 48.0 Å². The van der Waals surface area contributed by atoms with Crippen molar-refractivity contribution in [1.82, 2.24) is 20.0 Å². The molecule has 2 saturated heterocycles. The Morgan fingerprint density at radius 1 is 0.895 bits per heavy atom. The van der Waals surface area contributed by atoms with Gasteiger partial charge in [0.15, 0.2) is 12.3 Å². The highest BCUT2D eigenvalue weighted by Crippen LogP contribution is 2.42. The van der Waals surface area contributed by atoms with Crippen molar-refractivity contribution in [2.45, 2.75) is 179 Å². The minimum atomic E-state index is -5.04. The number of aliphatic hydroxyl groups is 4. The SMILES string of the molecule is C=CC(=O)Nc1cc(Cl)cc(NC(=O)c2cnn(-c3ccc(OCC(=O)NCCSCCC[C@@H]4/C=C(\C)C[C@H](C)C[C@H](O)[C@H]5O[C@@](O)(C(=O)C(=O)N6CCCC[C@H]6C(=O)O[C@H](C(C)C(C)[C@@H]6CC[C@@H](O)[C@H](OC)C6)[C@H](C)[C@@H](O)CC4=O)[C@H](C)C[C@@H]5OC)cc3)c2C(F)(F)F)c1. The third-order valence-electron chi connectivity index (χ3n) is 19.1. The number of benzene rings is 2. The Balaban J connectivity index is 0.997. The number of cyclic esters (lactones) is 1. The van der Waals surface area contributed by atoms with Gasteiger partial charge >= 0.3 is 12.1 Å². The van der Waals surface area contributed by atoms with E-state index in [1.807, 2.05) is 33.8 Å². The zero-order chi connectivity index (χ0) is 69.6. The number of rotatable bonds is 20. The van der Waals surface area contributed by atoms with Crippen LogP contribution in [0.4, 0.5) is 24.5 Å². The zero-order valence-corrected chi connectivity index (χ0v) is 56.7. The zero-order valence-electron chi connectivity index (χ0n) is 55.1. The number of hydrogen-bond donors (Lipinski definition) is 7. The number of amides is 4. The van der Waals surface area contributed by atoms with Gasteiger partial charge in [-0.05, 0) is 156 Å². The highest BCUT2D eigenvalue weighted by Gasteiger charge is 2.57. The molecule has 4 amide bonds. The molecule has 95 heavy (non-hydrogen) atoms. The molecule has 22 nitrogen and oxygen atoms in total. The monoisotopic (exact) mass is 1370 g/mol. The number of halogens is 4. The number of carbonyl (C=O) groups is 7. The average Bonchev–Trinajstić information content (AvgIpc) is 1.50. The number of thioether (sulfide) groups is 1. The number of nitrogens with zero attached hydrogens (tertiary/aromatic N) is 3. The Bertz CT molecular complexity index is 3210. The van der Waals surface area contributed by atoms with Crippen molar-refractivity contribution in [2.24, 2.45) is 41.4 Å². The van der Waals surface area contributed by atoms with E-state index in [9.17, 15) is 67.2 Å². The minimum absolute atomic E-state index is 0.000816. The Morgan fingerprint density at radius 3 is 2.26 bits per heavy atom. The Kier molecular flexibility index (Phi) is 27.5. The van der Waals surface area contributed by atoms with Gasteiger partial charge in [-0.2, -0.15) is 30.0 Å². The summed E-state index contributed by atoms with van der Waals surface area (Å²) >= 11 is 7.66. The summed E-state index contributed by atoms with van der Waals surface area (Å²) in [4.78, 5) is 97.3. The smallest absolute Gasteiger partial charge is 0.434 e. The lowest BCUT2D eigenvalue weighted by Gasteiger charge is -2.46. The van der Waals surface area contributed by atoms with Crippen LogP contribution in [0.15, 0.2) is 73.0 Å². The van der Waals surface area contributed by atoms with Gasteiger partial charge in [-0.15, -0.1) is 0 Å². The second-order valence-corrected chi connectivity index (χ2v) is 27.6. The van der Waals surface area contributed by atoms with E-state index in [0.717, 1.165) is 22.7 Å². The topological polar surface area (TPSA) is 304 Å². The van der Waals surface area contributed by atoms with Gasteiger partial charge in [-0.25, -0.2) is 9.48 Å². The molecule has 0 spiro atoms. The number of esters is 1. The summed E-state index contributed by atoms with van der Waals surface area (Å²) in [5.74, 6) is -10.3. The van der Waals surface area contributed by atoms with E-state index < -0.39 is 138 Å². The molecule has 4 aliphatic rings. The number of allylic oxidation sites excluding steroid dienone is 2. The van der Waals surface area contributed by atoms with E-state index in [1.165, 1.54) is 61.3 Å². The first kappa shape index (κ1) is 76.1. The van der Waals surface area contributed by atoms with Crippen LogP contribution < -0.4 is 20.7 Å². The van der Waals surface area contributed by atoms with Crippen LogP contribution in [0.3, 0.4) is 0 Å². The van der Waals surface area contributed by atoms with Crippen molar-refractivity contribution in [2.75, 3.05) is 56.1 Å². The first-order valence-electron chi connectivity index (χ1n) is 32.5. The molecule has 0 radical (unpaired) electrons. The first-order valence-corrected chi connectivity index (χ1v) is 34.1. The Labute approximate surface area is 561 Å². The maximum absolute atomic E-state index is 14.7. The summed E-state index contributed by atoms with van der Waals surface area (Å²) in [6, 6.07) is 7.98. The maximum atomic E-state index is 14.7. The van der Waals surface area contributed by atoms with Crippen molar-refractivity contribution in [3.05, 3.63) is 89.2 Å². The van der Waals surface area contributed by atoms with Crippen molar-refractivity contribution >= 4 is 75.9 Å². The standard InChI is InChI=1S/C68H92ClF3N6O16S/c1-10-58(83)75-46-31-45(69)32-47(33-46)76-64(86)50-35-74-78(62(50)68(70,71)72)48-17-19-49(20-18-48)92-36-59(84)73-22-25-95-24-13-14-44-27-37(2)26-38(3)28-55(82)61-57(91-9)29-39(4)67(89,94-61)63(85)65(87)77-23-12-11-15-51(77)66(88)93-60(42(7)53(80)34-54(44)81)41(6)40(5)43-16-21-52(79)56(30-43)90-8/h10,17-20,27,31-33,35,38-44,51-53,55-57,60-61,79-80,82,89H,1,11-16,21-26,28-30,34,36H2,2-9H3,(H,73,84)(H,75,83)(H,76,86)/b37-27+/t38-,39+,40?,41?,42+,43+,44+,51-,52+,53-,55-,56+,57-,60+,61+,67+/m0/s1. The lowest BCUT2D eigenvalue weighted by atomic mass is 9.70. The van der Waals surface area contributed by atoms with Gasteiger partial charge in [0.25, 0.3) is 23.5 Å². The van der Waals surface area contributed by atoms with Crippen molar-refractivity contribution in [1.29, 1.82) is 0 Å². The lowest BCUT2D eigenvalue weighted by molar-refractivity contribution is -0.301. The molecule has 3 aliphatic heterocycles. The Morgan fingerprint density at radius 2 is 1.59 bits per heavy atom. The van der Waals surface area contributed by atoms with Gasteiger partial charge in [-0.1, -0.05) is 64.4 Å². The molecule has 7 N–H and O–H groups in total. The number of aromatic nitrogens is 2.